The highest BCUT2D eigenvalue weighted by atomic mass is 19.4. The van der Waals surface area contributed by atoms with E-state index in [2.05, 4.69) is 0 Å². The number of nitrogens with one attached hydrogen (secondary N) is 1. The van der Waals surface area contributed by atoms with Gasteiger partial charge in [0.15, 0.2) is 0 Å². The number of aliphatic carboxylic acids is 1. The van der Waals surface area contributed by atoms with Crippen LogP contribution < -0.4 is 5.32 Å². The van der Waals surface area contributed by atoms with Crippen LogP contribution in [0.2, 0.25) is 0 Å². The molecule has 0 aliphatic carbocycles. The third-order valence-corrected chi connectivity index (χ3v) is 3.55. The van der Waals surface area contributed by atoms with Crippen molar-refractivity contribution in [3.8, 4) is 0 Å². The molecule has 126 valence electrons. The van der Waals surface area contributed by atoms with E-state index in [1.165, 1.54) is 13.8 Å². The molecule has 2 atom stereocenters. The predicted octanol–water partition coefficient (Wildman–Crippen LogP) is 1.16. The van der Waals surface area contributed by atoms with Crippen LogP contribution in [0.3, 0.4) is 0 Å². The van der Waals surface area contributed by atoms with Gasteiger partial charge in [-0.15, -0.1) is 0 Å². The van der Waals surface area contributed by atoms with Gasteiger partial charge >= 0.3 is 18.1 Å². The number of hydrogen-bond donors (Lipinski definition) is 2. The number of rotatable bonds is 4. The summed E-state index contributed by atoms with van der Waals surface area (Å²) in [5.74, 6) is -4.80. The lowest BCUT2D eigenvalue weighted by Crippen LogP contribution is -2.58. The Labute approximate surface area is 125 Å². The van der Waals surface area contributed by atoms with Crippen LogP contribution in [0.1, 0.15) is 33.1 Å². The fourth-order valence-electron chi connectivity index (χ4n) is 2.37. The Kier molecular flexibility index (Phi) is 5.78. The maximum Gasteiger partial charge on any atom is 0.471 e. The molecule has 6 nitrogen and oxygen atoms in total. The number of carboxylic acids is 1. The molecule has 2 N–H and O–H groups in total. The average Bonchev–Trinajstić information content (AvgIpc) is 2.42. The van der Waals surface area contributed by atoms with E-state index in [1.807, 2.05) is 0 Å². The molecule has 1 aliphatic heterocycles. The summed E-state index contributed by atoms with van der Waals surface area (Å²) in [6.45, 7) is 3.12. The maximum atomic E-state index is 12.4. The number of hydrogen-bond acceptors (Lipinski definition) is 3. The van der Waals surface area contributed by atoms with Crippen LogP contribution in [0.15, 0.2) is 0 Å². The number of amides is 2. The Hall–Kier alpha value is -1.80. The number of alkyl halides is 3. The first-order chi connectivity index (χ1) is 10.1. The van der Waals surface area contributed by atoms with Crippen molar-refractivity contribution in [3.05, 3.63) is 0 Å². The fraction of sp³-hybridized carbons (Fsp3) is 0.769. The van der Waals surface area contributed by atoms with Crippen LogP contribution in [0.5, 0.6) is 0 Å². The van der Waals surface area contributed by atoms with E-state index in [0.29, 0.717) is 12.8 Å². The number of halogens is 3. The third kappa shape index (κ3) is 4.35. The highest BCUT2D eigenvalue weighted by Crippen LogP contribution is 2.21. The van der Waals surface area contributed by atoms with Gasteiger partial charge in [0.25, 0.3) is 0 Å². The highest BCUT2D eigenvalue weighted by Gasteiger charge is 2.43. The fourth-order valence-corrected chi connectivity index (χ4v) is 2.37. The van der Waals surface area contributed by atoms with Crippen molar-refractivity contribution in [2.24, 2.45) is 5.92 Å². The molecule has 2 amide bonds. The molecule has 22 heavy (non-hydrogen) atoms. The van der Waals surface area contributed by atoms with E-state index in [0.717, 1.165) is 4.90 Å². The van der Waals surface area contributed by atoms with Gasteiger partial charge in [-0.05, 0) is 25.2 Å². The zero-order valence-electron chi connectivity index (χ0n) is 12.3. The van der Waals surface area contributed by atoms with Crippen LogP contribution in [0.25, 0.3) is 0 Å². The van der Waals surface area contributed by atoms with Gasteiger partial charge < -0.3 is 15.3 Å². The Morgan fingerprint density at radius 3 is 2.27 bits per heavy atom. The molecule has 1 heterocycles. The van der Waals surface area contributed by atoms with Gasteiger partial charge in [-0.1, -0.05) is 13.8 Å². The van der Waals surface area contributed by atoms with Crippen molar-refractivity contribution in [1.82, 2.24) is 10.2 Å². The van der Waals surface area contributed by atoms with Crippen molar-refractivity contribution in [3.63, 3.8) is 0 Å². The molecule has 0 saturated carbocycles. The number of nitrogens with zero attached hydrogens (tertiary/aromatic N) is 1. The van der Waals surface area contributed by atoms with Crippen LogP contribution in [-0.2, 0) is 14.4 Å². The van der Waals surface area contributed by atoms with Crippen LogP contribution in [0.4, 0.5) is 13.2 Å². The Morgan fingerprint density at radius 1 is 1.23 bits per heavy atom. The molecule has 0 aromatic carbocycles. The smallest absolute Gasteiger partial charge is 0.471 e. The summed E-state index contributed by atoms with van der Waals surface area (Å²) in [5.41, 5.74) is 0. The normalized spacial score (nSPS) is 20.6. The molecular weight excluding hydrogens is 305 g/mol. The summed E-state index contributed by atoms with van der Waals surface area (Å²) in [6.07, 6.45) is -3.64. The van der Waals surface area contributed by atoms with Crippen LogP contribution >= 0.6 is 0 Å². The van der Waals surface area contributed by atoms with Gasteiger partial charge in [0, 0.05) is 6.54 Å². The van der Waals surface area contributed by atoms with Gasteiger partial charge in [-0.2, -0.15) is 13.2 Å². The second-order valence-corrected chi connectivity index (χ2v) is 5.57. The standard InChI is InChI=1S/C13H19F3N2O4/c1-7(2)9(17-12(22)13(14,15)16)10(19)18-6-4-3-5-8(18)11(20)21/h7-9H,3-6H2,1-2H3,(H,17,22)(H,20,21)/t8?,9-/m0/s1. The van der Waals surface area contributed by atoms with Crippen LogP contribution in [-0.4, -0.2) is 52.6 Å². The van der Waals surface area contributed by atoms with Gasteiger partial charge in [-0.3, -0.25) is 9.59 Å². The zero-order valence-corrected chi connectivity index (χ0v) is 12.3. The molecule has 9 heteroatoms. The summed E-state index contributed by atoms with van der Waals surface area (Å²) in [4.78, 5) is 35.7. The molecule has 0 spiro atoms. The largest absolute Gasteiger partial charge is 0.480 e. The van der Waals surface area contributed by atoms with Gasteiger partial charge in [0.2, 0.25) is 5.91 Å². The SMILES string of the molecule is CC(C)[C@H](NC(=O)C(F)(F)F)C(=O)N1CCCCC1C(=O)O. The molecule has 1 aliphatic rings. The summed E-state index contributed by atoms with van der Waals surface area (Å²) < 4.78 is 37.1. The molecule has 1 rings (SSSR count). The van der Waals surface area contributed by atoms with Crippen molar-refractivity contribution >= 4 is 17.8 Å². The van der Waals surface area contributed by atoms with Gasteiger partial charge in [0.1, 0.15) is 12.1 Å². The van der Waals surface area contributed by atoms with Crippen LogP contribution in [0, 0.1) is 5.92 Å². The molecule has 0 aromatic rings. The highest BCUT2D eigenvalue weighted by molar-refractivity contribution is 5.92. The van der Waals surface area contributed by atoms with Crippen molar-refractivity contribution in [2.75, 3.05) is 6.54 Å². The Balaban J connectivity index is 2.92. The first-order valence-electron chi connectivity index (χ1n) is 6.96. The third-order valence-electron chi connectivity index (χ3n) is 3.55. The lowest BCUT2D eigenvalue weighted by atomic mass is 9.97. The molecule has 0 bridgehead atoms. The first kappa shape index (κ1) is 18.2. The summed E-state index contributed by atoms with van der Waals surface area (Å²) in [7, 11) is 0. The molecular formula is C13H19F3N2O4. The van der Waals surface area contributed by atoms with Crippen molar-refractivity contribution in [1.29, 1.82) is 0 Å². The second kappa shape index (κ2) is 6.97. The molecule has 1 fully saturated rings. The first-order valence-corrected chi connectivity index (χ1v) is 6.96. The van der Waals surface area contributed by atoms with Gasteiger partial charge in [0.05, 0.1) is 0 Å². The maximum absolute atomic E-state index is 12.4. The number of piperidine rings is 1. The van der Waals surface area contributed by atoms with E-state index < -0.39 is 42.0 Å². The van der Waals surface area contributed by atoms with E-state index in [4.69, 9.17) is 5.11 Å². The number of likely N-dealkylation sites (tertiary alicyclic amines) is 1. The predicted molar refractivity (Wildman–Crippen MR) is 69.8 cm³/mol. The number of carbonyl (C=O) groups is 3. The number of carbonyl (C=O) groups excluding carboxylic acids is 2. The Morgan fingerprint density at radius 2 is 1.82 bits per heavy atom. The Bertz CT molecular complexity index is 451. The zero-order chi connectivity index (χ0) is 17.1. The quantitative estimate of drug-likeness (QED) is 0.812. The lowest BCUT2D eigenvalue weighted by Gasteiger charge is -2.36. The lowest BCUT2D eigenvalue weighted by molar-refractivity contribution is -0.176. The van der Waals surface area contributed by atoms with E-state index in [1.54, 1.807) is 5.32 Å². The monoisotopic (exact) mass is 324 g/mol. The summed E-state index contributed by atoms with van der Waals surface area (Å²) in [5, 5.41) is 10.8. The van der Waals surface area contributed by atoms with Crippen molar-refractivity contribution in [2.45, 2.75) is 51.4 Å². The second-order valence-electron chi connectivity index (χ2n) is 5.57. The minimum atomic E-state index is -5.10. The summed E-state index contributed by atoms with van der Waals surface area (Å²) in [6, 6.07) is -2.47. The molecule has 0 aromatic heterocycles. The minimum Gasteiger partial charge on any atom is -0.480 e. The number of carboxylic acid groups (broad SMARTS) is 1. The molecule has 0 radical (unpaired) electrons. The van der Waals surface area contributed by atoms with E-state index in [9.17, 15) is 27.6 Å². The van der Waals surface area contributed by atoms with E-state index >= 15 is 0 Å². The van der Waals surface area contributed by atoms with Crippen molar-refractivity contribution < 1.29 is 32.7 Å². The minimum absolute atomic E-state index is 0.154. The van der Waals surface area contributed by atoms with E-state index in [-0.39, 0.29) is 13.0 Å². The molecule has 1 unspecified atom stereocenters. The topological polar surface area (TPSA) is 86.7 Å². The average molecular weight is 324 g/mol. The molecule has 1 saturated heterocycles. The van der Waals surface area contributed by atoms with Gasteiger partial charge in [-0.25, -0.2) is 4.79 Å². The summed E-state index contributed by atoms with van der Waals surface area (Å²) >= 11 is 0.